The number of nitrogens with zero attached hydrogens (tertiary/aromatic N) is 2. The summed E-state index contributed by atoms with van der Waals surface area (Å²) in [5.74, 6) is 0.411. The standard InChI is InChI=1S/C24H31N3O3S/c1-24(2)12-15-27(16-13-24)22-21(11-6-14-25-22)23(28)26-18-7-5-10-20(17-18)31(29,30)19-8-3-4-9-19/h5-7,10-11,14,17,19H,3-4,8-9,12-13,15-16H2,1-2H3,(H,26,28). The van der Waals surface area contributed by atoms with Crippen LogP contribution in [0.4, 0.5) is 11.5 Å². The number of hydrogen-bond acceptors (Lipinski definition) is 5. The molecule has 166 valence electrons. The van der Waals surface area contributed by atoms with Gasteiger partial charge < -0.3 is 10.2 Å². The Hall–Kier alpha value is -2.41. The van der Waals surface area contributed by atoms with Gasteiger partial charge in [0.05, 0.1) is 15.7 Å². The SMILES string of the molecule is CC1(C)CCN(c2ncccc2C(=O)Nc2cccc(S(=O)(=O)C3CCCC3)c2)CC1. The van der Waals surface area contributed by atoms with Gasteiger partial charge >= 0.3 is 0 Å². The molecule has 2 heterocycles. The molecular formula is C24H31N3O3S. The largest absolute Gasteiger partial charge is 0.356 e. The van der Waals surface area contributed by atoms with Crippen molar-refractivity contribution in [1.29, 1.82) is 0 Å². The second kappa shape index (κ2) is 8.61. The maximum absolute atomic E-state index is 13.1. The first-order chi connectivity index (χ1) is 14.8. The summed E-state index contributed by atoms with van der Waals surface area (Å²) >= 11 is 0. The highest BCUT2D eigenvalue weighted by molar-refractivity contribution is 7.92. The predicted molar refractivity (Wildman–Crippen MR) is 123 cm³/mol. The zero-order chi connectivity index (χ0) is 22.1. The van der Waals surface area contributed by atoms with E-state index in [9.17, 15) is 13.2 Å². The van der Waals surface area contributed by atoms with Crippen LogP contribution in [0.2, 0.25) is 0 Å². The van der Waals surface area contributed by atoms with Crippen LogP contribution in [0.25, 0.3) is 0 Å². The van der Waals surface area contributed by atoms with Crippen LogP contribution < -0.4 is 10.2 Å². The molecule has 2 aromatic rings. The summed E-state index contributed by atoms with van der Waals surface area (Å²) in [6.45, 7) is 6.25. The van der Waals surface area contributed by atoms with Crippen molar-refractivity contribution >= 4 is 27.2 Å². The van der Waals surface area contributed by atoms with Gasteiger partial charge in [-0.05, 0) is 61.4 Å². The summed E-state index contributed by atoms with van der Waals surface area (Å²) in [6, 6.07) is 10.1. The number of aromatic nitrogens is 1. The number of piperidine rings is 1. The molecule has 0 radical (unpaired) electrons. The molecule has 1 aromatic heterocycles. The van der Waals surface area contributed by atoms with Gasteiger partial charge in [0.25, 0.3) is 5.91 Å². The maximum Gasteiger partial charge on any atom is 0.259 e. The number of anilines is 2. The molecule has 1 aliphatic carbocycles. The van der Waals surface area contributed by atoms with Crippen LogP contribution in [0.3, 0.4) is 0 Å². The van der Waals surface area contributed by atoms with Crippen LogP contribution in [0, 0.1) is 5.41 Å². The Morgan fingerprint density at radius 2 is 1.81 bits per heavy atom. The number of carbonyl (C=O) groups is 1. The third kappa shape index (κ3) is 4.76. The number of amides is 1. The first kappa shape index (κ1) is 21.8. The van der Waals surface area contributed by atoms with Crippen molar-refractivity contribution in [3.05, 3.63) is 48.2 Å². The second-order valence-electron chi connectivity index (χ2n) is 9.46. The number of hydrogen-bond donors (Lipinski definition) is 1. The van der Waals surface area contributed by atoms with Crippen molar-refractivity contribution in [2.45, 2.75) is 62.5 Å². The molecule has 1 amide bonds. The van der Waals surface area contributed by atoms with Crippen LogP contribution >= 0.6 is 0 Å². The van der Waals surface area contributed by atoms with Gasteiger partial charge in [0.1, 0.15) is 5.82 Å². The maximum atomic E-state index is 13.1. The molecular weight excluding hydrogens is 410 g/mol. The fraction of sp³-hybridized carbons (Fsp3) is 0.500. The molecule has 4 rings (SSSR count). The van der Waals surface area contributed by atoms with Gasteiger partial charge in [-0.3, -0.25) is 4.79 Å². The van der Waals surface area contributed by atoms with Gasteiger partial charge in [0.15, 0.2) is 9.84 Å². The predicted octanol–water partition coefficient (Wildman–Crippen LogP) is 4.68. The first-order valence-corrected chi connectivity index (χ1v) is 12.7. The van der Waals surface area contributed by atoms with Gasteiger partial charge in [-0.2, -0.15) is 0 Å². The van der Waals surface area contributed by atoms with Crippen molar-refractivity contribution in [3.63, 3.8) is 0 Å². The van der Waals surface area contributed by atoms with Crippen LogP contribution in [0.1, 0.15) is 62.7 Å². The third-order valence-corrected chi connectivity index (χ3v) is 8.87. The van der Waals surface area contributed by atoms with Gasteiger partial charge in [0.2, 0.25) is 0 Å². The van der Waals surface area contributed by atoms with Crippen LogP contribution in [-0.4, -0.2) is 37.6 Å². The molecule has 6 nitrogen and oxygen atoms in total. The summed E-state index contributed by atoms with van der Waals surface area (Å²) in [6.07, 6.45) is 7.14. The fourth-order valence-electron chi connectivity index (χ4n) is 4.49. The molecule has 0 unspecified atom stereocenters. The Labute approximate surface area is 185 Å². The monoisotopic (exact) mass is 441 g/mol. The highest BCUT2D eigenvalue weighted by atomic mass is 32.2. The highest BCUT2D eigenvalue weighted by Crippen LogP contribution is 2.33. The van der Waals surface area contributed by atoms with E-state index in [-0.39, 0.29) is 16.1 Å². The van der Waals surface area contributed by atoms with E-state index >= 15 is 0 Å². The van der Waals surface area contributed by atoms with Crippen molar-refractivity contribution in [1.82, 2.24) is 4.98 Å². The number of rotatable bonds is 5. The van der Waals surface area contributed by atoms with Crippen LogP contribution in [-0.2, 0) is 9.84 Å². The minimum Gasteiger partial charge on any atom is -0.356 e. The normalized spacial score (nSPS) is 19.4. The van der Waals surface area contributed by atoms with E-state index in [1.165, 1.54) is 0 Å². The third-order valence-electron chi connectivity index (χ3n) is 6.61. The van der Waals surface area contributed by atoms with Gasteiger partial charge in [-0.1, -0.05) is 32.8 Å². The summed E-state index contributed by atoms with van der Waals surface area (Å²) in [7, 11) is -3.37. The van der Waals surface area contributed by atoms with Crippen molar-refractivity contribution in [2.24, 2.45) is 5.41 Å². The molecule has 31 heavy (non-hydrogen) atoms. The molecule has 2 aliphatic rings. The summed E-state index contributed by atoms with van der Waals surface area (Å²) in [4.78, 5) is 20.0. The van der Waals surface area contributed by atoms with Crippen molar-refractivity contribution in [2.75, 3.05) is 23.3 Å². The molecule has 1 aromatic carbocycles. The molecule has 1 saturated heterocycles. The lowest BCUT2D eigenvalue weighted by atomic mass is 9.82. The molecule has 7 heteroatoms. The minimum atomic E-state index is -3.37. The molecule has 1 aliphatic heterocycles. The fourth-order valence-corrected chi connectivity index (χ4v) is 6.39. The molecule has 1 N–H and O–H groups in total. The molecule has 0 bridgehead atoms. The van der Waals surface area contributed by atoms with Gasteiger partial charge in [-0.15, -0.1) is 0 Å². The average Bonchev–Trinajstić information content (AvgIpc) is 3.30. The highest BCUT2D eigenvalue weighted by Gasteiger charge is 2.31. The van der Waals surface area contributed by atoms with E-state index in [1.54, 1.807) is 42.6 Å². The molecule has 1 saturated carbocycles. The number of carbonyl (C=O) groups excluding carboxylic acids is 1. The van der Waals surface area contributed by atoms with E-state index < -0.39 is 9.84 Å². The van der Waals surface area contributed by atoms with E-state index in [0.717, 1.165) is 38.8 Å². The number of pyridine rings is 1. The Morgan fingerprint density at radius 1 is 1.10 bits per heavy atom. The zero-order valence-electron chi connectivity index (χ0n) is 18.3. The van der Waals surface area contributed by atoms with E-state index in [4.69, 9.17) is 0 Å². The Morgan fingerprint density at radius 3 is 2.52 bits per heavy atom. The Bertz CT molecular complexity index is 1050. The van der Waals surface area contributed by atoms with Crippen LogP contribution in [0.5, 0.6) is 0 Å². The minimum absolute atomic E-state index is 0.275. The lowest BCUT2D eigenvalue weighted by Gasteiger charge is -2.38. The topological polar surface area (TPSA) is 79.4 Å². The second-order valence-corrected chi connectivity index (χ2v) is 11.7. The van der Waals surface area contributed by atoms with Crippen LogP contribution in [0.15, 0.2) is 47.5 Å². The number of benzene rings is 1. The van der Waals surface area contributed by atoms with Gasteiger partial charge in [0, 0.05) is 25.0 Å². The zero-order valence-corrected chi connectivity index (χ0v) is 19.1. The molecule has 0 spiro atoms. The van der Waals surface area contributed by atoms with Gasteiger partial charge in [-0.25, -0.2) is 13.4 Å². The lowest BCUT2D eigenvalue weighted by molar-refractivity contribution is 0.102. The quantitative estimate of drug-likeness (QED) is 0.729. The van der Waals surface area contributed by atoms with Crippen molar-refractivity contribution in [3.8, 4) is 0 Å². The summed E-state index contributed by atoms with van der Waals surface area (Å²) in [5, 5.41) is 2.57. The number of nitrogens with one attached hydrogen (secondary N) is 1. The Balaban J connectivity index is 1.53. The van der Waals surface area contributed by atoms with E-state index in [2.05, 4.69) is 29.0 Å². The first-order valence-electron chi connectivity index (χ1n) is 11.1. The molecule has 0 atom stereocenters. The summed E-state index contributed by atoms with van der Waals surface area (Å²) < 4.78 is 25.9. The number of sulfone groups is 1. The lowest BCUT2D eigenvalue weighted by Crippen LogP contribution is -2.38. The summed E-state index contributed by atoms with van der Waals surface area (Å²) in [5.41, 5.74) is 1.30. The average molecular weight is 442 g/mol. The van der Waals surface area contributed by atoms with E-state index in [1.807, 2.05) is 0 Å². The van der Waals surface area contributed by atoms with E-state index in [0.29, 0.717) is 35.3 Å². The molecule has 2 fully saturated rings. The Kier molecular flexibility index (Phi) is 6.06. The smallest absolute Gasteiger partial charge is 0.259 e. The van der Waals surface area contributed by atoms with Crippen molar-refractivity contribution < 1.29 is 13.2 Å².